The van der Waals surface area contributed by atoms with Crippen molar-refractivity contribution < 1.29 is 5.11 Å². The van der Waals surface area contributed by atoms with E-state index >= 15 is 0 Å². The number of nitrogens with zero attached hydrogens (tertiary/aromatic N) is 1. The Bertz CT molecular complexity index is 639. The van der Waals surface area contributed by atoms with Gasteiger partial charge in [-0.3, -0.25) is 0 Å². The maximum atomic E-state index is 9.68. The zero-order valence-corrected chi connectivity index (χ0v) is 14.0. The van der Waals surface area contributed by atoms with Crippen molar-refractivity contribution in [2.24, 2.45) is 0 Å². The van der Waals surface area contributed by atoms with Gasteiger partial charge in [-0.15, -0.1) is 0 Å². The molecule has 1 aliphatic rings. The Morgan fingerprint density at radius 2 is 1.74 bits per heavy atom. The summed E-state index contributed by atoms with van der Waals surface area (Å²) in [6.45, 7) is 2.66. The highest BCUT2D eigenvalue weighted by Crippen LogP contribution is 2.28. The van der Waals surface area contributed by atoms with Crippen LogP contribution in [0.2, 0.25) is 5.02 Å². The highest BCUT2D eigenvalue weighted by molar-refractivity contribution is 6.31. The quantitative estimate of drug-likeness (QED) is 0.871. The molecule has 0 radical (unpaired) electrons. The van der Waals surface area contributed by atoms with Gasteiger partial charge in [-0.25, -0.2) is 0 Å². The second-order valence-corrected chi connectivity index (χ2v) is 6.41. The molecule has 1 saturated heterocycles. The smallest absolute Gasteiger partial charge is 0.0602 e. The average molecular weight is 331 g/mol. The normalized spacial score (nSPS) is 15.7. The lowest BCUT2D eigenvalue weighted by atomic mass is 10.1. The topological polar surface area (TPSA) is 35.5 Å². The highest BCUT2D eigenvalue weighted by atomic mass is 35.5. The molecule has 0 bridgehead atoms. The van der Waals surface area contributed by atoms with Crippen molar-refractivity contribution in [3.8, 4) is 0 Å². The third-order valence-electron chi connectivity index (χ3n) is 4.38. The molecule has 0 saturated carbocycles. The van der Waals surface area contributed by atoms with Crippen LogP contribution in [-0.4, -0.2) is 30.8 Å². The summed E-state index contributed by atoms with van der Waals surface area (Å²) in [5, 5.41) is 14.0. The molecule has 0 atom stereocenters. The lowest BCUT2D eigenvalue weighted by Gasteiger charge is -2.33. The Morgan fingerprint density at radius 1 is 1.04 bits per heavy atom. The minimum Gasteiger partial charge on any atom is -0.393 e. The van der Waals surface area contributed by atoms with Crippen molar-refractivity contribution in [2.75, 3.05) is 29.9 Å². The van der Waals surface area contributed by atoms with Gasteiger partial charge in [-0.05, 0) is 43.0 Å². The van der Waals surface area contributed by atoms with Gasteiger partial charge in [0.05, 0.1) is 17.5 Å². The van der Waals surface area contributed by atoms with E-state index in [9.17, 15) is 5.11 Å². The van der Waals surface area contributed by atoms with Crippen LogP contribution in [0.25, 0.3) is 0 Å². The van der Waals surface area contributed by atoms with Crippen LogP contribution in [-0.2, 0) is 6.42 Å². The number of para-hydroxylation sites is 2. The molecule has 1 fully saturated rings. The minimum absolute atomic E-state index is 0.147. The number of hydrogen-bond acceptors (Lipinski definition) is 3. The van der Waals surface area contributed by atoms with Crippen molar-refractivity contribution in [1.82, 2.24) is 0 Å². The number of nitrogens with one attached hydrogen (secondary N) is 1. The van der Waals surface area contributed by atoms with Crippen LogP contribution in [0.15, 0.2) is 48.5 Å². The molecule has 4 heteroatoms. The Morgan fingerprint density at radius 3 is 2.52 bits per heavy atom. The zero-order valence-electron chi connectivity index (χ0n) is 13.2. The molecule has 0 spiro atoms. The fourth-order valence-corrected chi connectivity index (χ4v) is 3.27. The van der Waals surface area contributed by atoms with Gasteiger partial charge >= 0.3 is 0 Å². The number of aliphatic hydroxyl groups is 1. The van der Waals surface area contributed by atoms with Gasteiger partial charge in [0.25, 0.3) is 0 Å². The van der Waals surface area contributed by atoms with Gasteiger partial charge in [0.15, 0.2) is 0 Å². The van der Waals surface area contributed by atoms with Crippen LogP contribution in [0, 0.1) is 0 Å². The molecule has 0 amide bonds. The van der Waals surface area contributed by atoms with Crippen LogP contribution in [0.3, 0.4) is 0 Å². The fraction of sp³-hybridized carbons (Fsp3) is 0.368. The molecule has 0 aliphatic carbocycles. The van der Waals surface area contributed by atoms with Gasteiger partial charge in [0.2, 0.25) is 0 Å². The Kier molecular flexibility index (Phi) is 5.42. The number of piperidine rings is 1. The van der Waals surface area contributed by atoms with E-state index in [0.717, 1.165) is 49.6 Å². The maximum Gasteiger partial charge on any atom is 0.0602 e. The third kappa shape index (κ3) is 4.18. The fourth-order valence-electron chi connectivity index (χ4n) is 3.04. The first-order valence-corrected chi connectivity index (χ1v) is 8.61. The predicted octanol–water partition coefficient (Wildman–Crippen LogP) is 3.96. The Labute approximate surface area is 142 Å². The zero-order chi connectivity index (χ0) is 16.1. The third-order valence-corrected chi connectivity index (χ3v) is 4.75. The summed E-state index contributed by atoms with van der Waals surface area (Å²) in [4.78, 5) is 2.35. The summed E-state index contributed by atoms with van der Waals surface area (Å²) < 4.78 is 0. The van der Waals surface area contributed by atoms with Crippen LogP contribution in [0.1, 0.15) is 18.4 Å². The van der Waals surface area contributed by atoms with Gasteiger partial charge in [0, 0.05) is 24.7 Å². The van der Waals surface area contributed by atoms with Crippen molar-refractivity contribution in [3.63, 3.8) is 0 Å². The number of halogens is 1. The van der Waals surface area contributed by atoms with E-state index in [1.165, 1.54) is 11.3 Å². The SMILES string of the molecule is OC1CCN(c2ccccc2NCCc2ccccc2Cl)CC1. The molecular formula is C19H23ClN2O. The first-order valence-electron chi connectivity index (χ1n) is 8.23. The largest absolute Gasteiger partial charge is 0.393 e. The highest BCUT2D eigenvalue weighted by Gasteiger charge is 2.18. The summed E-state index contributed by atoms with van der Waals surface area (Å²) in [6, 6.07) is 16.4. The van der Waals surface area contributed by atoms with E-state index in [0.29, 0.717) is 0 Å². The van der Waals surface area contributed by atoms with Crippen molar-refractivity contribution in [2.45, 2.75) is 25.4 Å². The van der Waals surface area contributed by atoms with E-state index in [4.69, 9.17) is 11.6 Å². The van der Waals surface area contributed by atoms with Crippen LogP contribution in [0.5, 0.6) is 0 Å². The standard InChI is InChI=1S/C19H23ClN2O/c20-17-6-2-1-5-15(17)9-12-21-18-7-3-4-8-19(18)22-13-10-16(23)11-14-22/h1-8,16,21,23H,9-14H2. The molecular weight excluding hydrogens is 308 g/mol. The van der Waals surface area contributed by atoms with E-state index < -0.39 is 0 Å². The molecule has 23 heavy (non-hydrogen) atoms. The van der Waals surface area contributed by atoms with Crippen LogP contribution < -0.4 is 10.2 Å². The monoisotopic (exact) mass is 330 g/mol. The Balaban J connectivity index is 1.63. The minimum atomic E-state index is -0.147. The molecule has 3 nitrogen and oxygen atoms in total. The summed E-state index contributed by atoms with van der Waals surface area (Å²) in [5.74, 6) is 0. The number of rotatable bonds is 5. The number of anilines is 2. The molecule has 122 valence electrons. The molecule has 0 aromatic heterocycles. The molecule has 2 aromatic rings. The summed E-state index contributed by atoms with van der Waals surface area (Å²) in [7, 11) is 0. The summed E-state index contributed by atoms with van der Waals surface area (Å²) in [5.41, 5.74) is 3.54. The maximum absolute atomic E-state index is 9.68. The average Bonchev–Trinajstić information content (AvgIpc) is 2.58. The van der Waals surface area contributed by atoms with E-state index in [2.05, 4.69) is 40.5 Å². The van der Waals surface area contributed by atoms with E-state index in [1.54, 1.807) is 0 Å². The number of hydrogen-bond donors (Lipinski definition) is 2. The number of benzene rings is 2. The van der Waals surface area contributed by atoms with Crippen LogP contribution >= 0.6 is 11.6 Å². The van der Waals surface area contributed by atoms with Gasteiger partial charge in [-0.1, -0.05) is 41.9 Å². The summed E-state index contributed by atoms with van der Waals surface area (Å²) >= 11 is 6.21. The van der Waals surface area contributed by atoms with E-state index in [1.807, 2.05) is 18.2 Å². The molecule has 1 aliphatic heterocycles. The predicted molar refractivity (Wildman–Crippen MR) is 97.5 cm³/mol. The molecule has 2 N–H and O–H groups in total. The Hall–Kier alpha value is -1.71. The molecule has 2 aromatic carbocycles. The first kappa shape index (κ1) is 16.2. The van der Waals surface area contributed by atoms with Crippen molar-refractivity contribution >= 4 is 23.0 Å². The second kappa shape index (κ2) is 7.71. The lowest BCUT2D eigenvalue weighted by molar-refractivity contribution is 0.145. The van der Waals surface area contributed by atoms with Gasteiger partial charge in [-0.2, -0.15) is 0 Å². The van der Waals surface area contributed by atoms with E-state index in [-0.39, 0.29) is 6.10 Å². The van der Waals surface area contributed by atoms with Crippen molar-refractivity contribution in [1.29, 1.82) is 0 Å². The summed E-state index contributed by atoms with van der Waals surface area (Å²) in [6.07, 6.45) is 2.43. The number of aliphatic hydroxyl groups excluding tert-OH is 1. The van der Waals surface area contributed by atoms with Gasteiger partial charge < -0.3 is 15.3 Å². The lowest BCUT2D eigenvalue weighted by Crippen LogP contribution is -2.36. The first-order chi connectivity index (χ1) is 11.2. The van der Waals surface area contributed by atoms with Crippen molar-refractivity contribution in [3.05, 3.63) is 59.1 Å². The van der Waals surface area contributed by atoms with Gasteiger partial charge in [0.1, 0.15) is 0 Å². The molecule has 0 unspecified atom stereocenters. The van der Waals surface area contributed by atoms with Crippen LogP contribution in [0.4, 0.5) is 11.4 Å². The molecule has 1 heterocycles. The second-order valence-electron chi connectivity index (χ2n) is 6.00. The molecule has 3 rings (SSSR count).